The maximum absolute atomic E-state index is 5.12. The zero-order chi connectivity index (χ0) is 27.6. The van der Waals surface area contributed by atoms with Crippen LogP contribution in [0.1, 0.15) is 22.9 Å². The van der Waals surface area contributed by atoms with Gasteiger partial charge in [-0.05, 0) is 46.5 Å². The molecule has 196 valence electrons. The first-order chi connectivity index (χ1) is 20.2. The molecular formula is C36H25BrN4. The van der Waals surface area contributed by atoms with Crippen LogP contribution in [0.25, 0.3) is 33.2 Å². The summed E-state index contributed by atoms with van der Waals surface area (Å²) in [6.45, 7) is 0. The zero-order valence-corrected chi connectivity index (χ0v) is 23.7. The van der Waals surface area contributed by atoms with Gasteiger partial charge in [-0.3, -0.25) is 4.98 Å². The van der Waals surface area contributed by atoms with Crippen LogP contribution in [0.5, 0.6) is 0 Å². The Hall–Kier alpha value is -4.87. The lowest BCUT2D eigenvalue weighted by Crippen LogP contribution is -2.33. The Bertz CT molecular complexity index is 1910. The number of aliphatic imine (C=N–C) groups is 2. The van der Waals surface area contributed by atoms with Gasteiger partial charge in [-0.2, -0.15) is 0 Å². The van der Waals surface area contributed by atoms with Gasteiger partial charge in [-0.15, -0.1) is 0 Å². The molecule has 0 spiro atoms. The number of amidine groups is 2. The van der Waals surface area contributed by atoms with Crippen molar-refractivity contribution in [2.45, 2.75) is 6.17 Å². The molecule has 0 bridgehead atoms. The summed E-state index contributed by atoms with van der Waals surface area (Å²) in [6.07, 6.45) is 1.51. The van der Waals surface area contributed by atoms with Gasteiger partial charge < -0.3 is 5.32 Å². The fraction of sp³-hybridized carbons (Fsp3) is 0.0278. The van der Waals surface area contributed by atoms with E-state index in [-0.39, 0.29) is 6.17 Å². The Balaban J connectivity index is 1.31. The molecule has 0 fully saturated rings. The van der Waals surface area contributed by atoms with E-state index in [1.165, 1.54) is 5.56 Å². The summed E-state index contributed by atoms with van der Waals surface area (Å²) >= 11 is 3.76. The van der Waals surface area contributed by atoms with Crippen LogP contribution >= 0.6 is 15.9 Å². The number of rotatable bonds is 5. The average molecular weight is 594 g/mol. The van der Waals surface area contributed by atoms with E-state index < -0.39 is 0 Å². The zero-order valence-electron chi connectivity index (χ0n) is 22.1. The lowest BCUT2D eigenvalue weighted by atomic mass is 9.99. The summed E-state index contributed by atoms with van der Waals surface area (Å²) < 4.78 is 0.979. The highest BCUT2D eigenvalue weighted by molar-refractivity contribution is 9.10. The number of benzene rings is 5. The van der Waals surface area contributed by atoms with Crippen LogP contribution in [-0.2, 0) is 0 Å². The van der Waals surface area contributed by atoms with Crippen molar-refractivity contribution in [2.24, 2.45) is 9.98 Å². The van der Waals surface area contributed by atoms with Gasteiger partial charge in [0.05, 0.1) is 5.52 Å². The first-order valence-electron chi connectivity index (χ1n) is 13.5. The molecule has 1 atom stereocenters. The number of nitrogens with one attached hydrogen (secondary N) is 1. The van der Waals surface area contributed by atoms with Gasteiger partial charge in [0.15, 0.2) is 5.84 Å². The fourth-order valence-electron chi connectivity index (χ4n) is 5.20. The van der Waals surface area contributed by atoms with Crippen LogP contribution in [0.3, 0.4) is 0 Å². The summed E-state index contributed by atoms with van der Waals surface area (Å²) in [4.78, 5) is 14.8. The van der Waals surface area contributed by atoms with E-state index in [2.05, 4.69) is 129 Å². The molecular weight excluding hydrogens is 568 g/mol. The van der Waals surface area contributed by atoms with E-state index in [1.807, 2.05) is 36.5 Å². The molecule has 5 heteroatoms. The largest absolute Gasteiger partial charge is 0.344 e. The lowest BCUT2D eigenvalue weighted by Gasteiger charge is -2.24. The van der Waals surface area contributed by atoms with E-state index in [0.29, 0.717) is 5.84 Å². The molecule has 0 radical (unpaired) electrons. The van der Waals surface area contributed by atoms with Crippen molar-refractivity contribution in [1.82, 2.24) is 10.3 Å². The quantitative estimate of drug-likeness (QED) is 0.217. The van der Waals surface area contributed by atoms with Crippen LogP contribution in [-0.4, -0.2) is 16.7 Å². The van der Waals surface area contributed by atoms with Gasteiger partial charge in [-0.25, -0.2) is 9.98 Å². The molecule has 5 aromatic carbocycles. The number of hydrogen-bond acceptors (Lipinski definition) is 4. The predicted molar refractivity (Wildman–Crippen MR) is 172 cm³/mol. The Kier molecular flexibility index (Phi) is 6.71. The Labute approximate surface area is 247 Å². The number of para-hydroxylation sites is 1. The number of aromatic nitrogens is 1. The standard InChI is InChI=1S/C36H25BrN4/c37-31-22-29(32-15-7-13-26-14-8-20-38-33(26)32)21-30(23-31)36-40-34(27-11-5-2-6-12-27)39-35(41-36)28-18-16-25(17-19-28)24-9-3-1-4-10-24/h1-23,36H,(H,39,40,41). The summed E-state index contributed by atoms with van der Waals surface area (Å²) in [5.74, 6) is 1.49. The number of fused-ring (bicyclic) bond motifs is 1. The van der Waals surface area contributed by atoms with Crippen LogP contribution < -0.4 is 5.32 Å². The normalized spacial score (nSPS) is 14.7. The molecule has 1 aliphatic heterocycles. The van der Waals surface area contributed by atoms with Gasteiger partial charge in [0.2, 0.25) is 0 Å². The Morgan fingerprint density at radius 2 is 1.27 bits per heavy atom. The maximum atomic E-state index is 5.12. The molecule has 0 saturated carbocycles. The summed E-state index contributed by atoms with van der Waals surface area (Å²) in [6, 6.07) is 45.9. The molecule has 0 aliphatic carbocycles. The fourth-order valence-corrected chi connectivity index (χ4v) is 5.71. The predicted octanol–water partition coefficient (Wildman–Crippen LogP) is 8.83. The van der Waals surface area contributed by atoms with Gasteiger partial charge in [0.1, 0.15) is 12.0 Å². The van der Waals surface area contributed by atoms with E-state index in [4.69, 9.17) is 9.98 Å². The minimum atomic E-state index is -0.328. The number of pyridine rings is 1. The molecule has 4 nitrogen and oxygen atoms in total. The summed E-state index contributed by atoms with van der Waals surface area (Å²) in [5.41, 5.74) is 8.49. The van der Waals surface area contributed by atoms with Crippen molar-refractivity contribution < 1.29 is 0 Å². The summed E-state index contributed by atoms with van der Waals surface area (Å²) in [7, 11) is 0. The Morgan fingerprint density at radius 3 is 2.05 bits per heavy atom. The van der Waals surface area contributed by atoms with Crippen molar-refractivity contribution >= 4 is 38.5 Å². The van der Waals surface area contributed by atoms with Crippen molar-refractivity contribution in [1.29, 1.82) is 0 Å². The molecule has 1 aliphatic rings. The first-order valence-corrected chi connectivity index (χ1v) is 14.3. The third-order valence-corrected chi connectivity index (χ3v) is 7.68. The van der Waals surface area contributed by atoms with Gasteiger partial charge >= 0.3 is 0 Å². The number of hydrogen-bond donors (Lipinski definition) is 1. The highest BCUT2D eigenvalue weighted by Crippen LogP contribution is 2.33. The number of nitrogens with zero attached hydrogens (tertiary/aromatic N) is 3. The summed E-state index contributed by atoms with van der Waals surface area (Å²) in [5, 5.41) is 4.70. The maximum Gasteiger partial charge on any atom is 0.159 e. The van der Waals surface area contributed by atoms with Crippen LogP contribution in [0.4, 0.5) is 0 Å². The minimum Gasteiger partial charge on any atom is -0.344 e. The highest BCUT2D eigenvalue weighted by Gasteiger charge is 2.22. The Morgan fingerprint density at radius 1 is 0.585 bits per heavy atom. The molecule has 7 rings (SSSR count). The van der Waals surface area contributed by atoms with Crippen LogP contribution in [0, 0.1) is 0 Å². The van der Waals surface area contributed by atoms with Gasteiger partial charge in [-0.1, -0.05) is 125 Å². The van der Waals surface area contributed by atoms with Crippen LogP contribution in [0.2, 0.25) is 0 Å². The van der Waals surface area contributed by atoms with E-state index in [9.17, 15) is 0 Å². The average Bonchev–Trinajstić information content (AvgIpc) is 3.05. The highest BCUT2D eigenvalue weighted by atomic mass is 79.9. The molecule has 0 amide bonds. The number of halogens is 1. The third-order valence-electron chi connectivity index (χ3n) is 7.22. The van der Waals surface area contributed by atoms with Crippen molar-refractivity contribution in [3.8, 4) is 22.3 Å². The molecule has 1 aromatic heterocycles. The molecule has 6 aromatic rings. The van der Waals surface area contributed by atoms with Gasteiger partial charge in [0, 0.05) is 32.7 Å². The molecule has 1 unspecified atom stereocenters. The van der Waals surface area contributed by atoms with Gasteiger partial charge in [0.25, 0.3) is 0 Å². The second kappa shape index (κ2) is 11.0. The first kappa shape index (κ1) is 25.1. The van der Waals surface area contributed by atoms with E-state index in [0.717, 1.165) is 54.6 Å². The van der Waals surface area contributed by atoms with Crippen molar-refractivity contribution in [3.05, 3.63) is 161 Å². The molecule has 0 saturated heterocycles. The SMILES string of the molecule is Brc1cc(-c2cccc3cccnc23)cc(C2N=C(c3ccc(-c4ccccc4)cc3)N=C(c3ccccc3)N2)c1. The van der Waals surface area contributed by atoms with Crippen LogP contribution in [0.15, 0.2) is 154 Å². The molecule has 2 heterocycles. The second-order valence-electron chi connectivity index (χ2n) is 9.92. The lowest BCUT2D eigenvalue weighted by molar-refractivity contribution is 0.674. The molecule has 41 heavy (non-hydrogen) atoms. The second-order valence-corrected chi connectivity index (χ2v) is 10.8. The molecule has 1 N–H and O–H groups in total. The monoisotopic (exact) mass is 592 g/mol. The van der Waals surface area contributed by atoms with Crippen molar-refractivity contribution in [2.75, 3.05) is 0 Å². The smallest absolute Gasteiger partial charge is 0.159 e. The van der Waals surface area contributed by atoms with E-state index >= 15 is 0 Å². The van der Waals surface area contributed by atoms with E-state index in [1.54, 1.807) is 0 Å². The topological polar surface area (TPSA) is 49.6 Å². The minimum absolute atomic E-state index is 0.328. The third kappa shape index (κ3) is 5.20. The van der Waals surface area contributed by atoms with Crippen molar-refractivity contribution in [3.63, 3.8) is 0 Å².